The average molecular weight is 331 g/mol. The number of nitrogen functional groups attached to an aromatic ring is 1. The van der Waals surface area contributed by atoms with Gasteiger partial charge in [0.2, 0.25) is 0 Å². The van der Waals surface area contributed by atoms with Gasteiger partial charge in [-0.05, 0) is 13.3 Å². The minimum Gasteiger partial charge on any atom is -0.382 e. The van der Waals surface area contributed by atoms with Gasteiger partial charge in [0.05, 0.1) is 0 Å². The molecule has 0 bridgehead atoms. The molecular weight excluding hydrogens is 310 g/mol. The summed E-state index contributed by atoms with van der Waals surface area (Å²) in [6, 6.07) is 0.146. The Morgan fingerprint density at radius 1 is 1.67 bits per heavy atom. The predicted molar refractivity (Wildman–Crippen MR) is 87.2 cm³/mol. The Morgan fingerprint density at radius 3 is 2.95 bits per heavy atom. The molecule has 3 atom stereocenters. The maximum Gasteiger partial charge on any atom is 0.265 e. The number of anilines is 2. The molecule has 1 aliphatic rings. The lowest BCUT2D eigenvalue weighted by Crippen LogP contribution is -2.32. The normalized spacial score (nSPS) is 21.3. The number of hydrogen-bond donors (Lipinski definition) is 3. The molecule has 5 N–H and O–H groups in total. The summed E-state index contributed by atoms with van der Waals surface area (Å²) in [5.74, 6) is -0.0321. The molecule has 3 unspecified atom stereocenters. The van der Waals surface area contributed by atoms with Crippen LogP contribution in [0.5, 0.6) is 0 Å². The van der Waals surface area contributed by atoms with E-state index in [-0.39, 0.29) is 23.0 Å². The first-order chi connectivity index (χ1) is 9.88. The standard InChI is InChI=1S/C12H21N5O2S2/c1-7(21(2)19)5-15-11(18)9-10(14)16-12(20-9)17-4-3-8(13)6-17/h7-8H,3-6,13-14H2,1-2H3,(H,15,18). The molecule has 1 aliphatic heterocycles. The third-order valence-electron chi connectivity index (χ3n) is 3.46. The molecule has 7 nitrogen and oxygen atoms in total. The van der Waals surface area contributed by atoms with E-state index in [0.29, 0.717) is 11.4 Å². The van der Waals surface area contributed by atoms with E-state index in [0.717, 1.165) is 24.6 Å². The van der Waals surface area contributed by atoms with Crippen molar-refractivity contribution in [3.8, 4) is 0 Å². The molecule has 0 spiro atoms. The molecule has 9 heteroatoms. The van der Waals surface area contributed by atoms with Crippen molar-refractivity contribution in [2.45, 2.75) is 24.6 Å². The van der Waals surface area contributed by atoms with Crippen LogP contribution in [-0.4, -0.2) is 52.3 Å². The topological polar surface area (TPSA) is 114 Å². The molecule has 1 amide bonds. The molecule has 1 fully saturated rings. The third kappa shape index (κ3) is 3.92. The van der Waals surface area contributed by atoms with E-state index in [4.69, 9.17) is 11.5 Å². The second-order valence-electron chi connectivity index (χ2n) is 5.22. The highest BCUT2D eigenvalue weighted by Crippen LogP contribution is 2.30. The summed E-state index contributed by atoms with van der Waals surface area (Å²) >= 11 is 1.27. The Kier molecular flexibility index (Phi) is 5.17. The van der Waals surface area contributed by atoms with Gasteiger partial charge < -0.3 is 21.7 Å². The first-order valence-corrected chi connectivity index (χ1v) is 9.19. The summed E-state index contributed by atoms with van der Waals surface area (Å²) in [5, 5.41) is 3.38. The van der Waals surface area contributed by atoms with Crippen molar-refractivity contribution in [2.24, 2.45) is 5.73 Å². The van der Waals surface area contributed by atoms with Gasteiger partial charge in [0, 0.05) is 48.0 Å². The van der Waals surface area contributed by atoms with Crippen LogP contribution in [0.15, 0.2) is 0 Å². The average Bonchev–Trinajstić information content (AvgIpc) is 3.01. The van der Waals surface area contributed by atoms with E-state index < -0.39 is 10.8 Å². The molecule has 0 aromatic carbocycles. The van der Waals surface area contributed by atoms with Crippen LogP contribution >= 0.6 is 11.3 Å². The Labute approximate surface area is 130 Å². The largest absolute Gasteiger partial charge is 0.382 e. The van der Waals surface area contributed by atoms with Crippen molar-refractivity contribution in [1.82, 2.24) is 10.3 Å². The lowest BCUT2D eigenvalue weighted by molar-refractivity contribution is 0.0959. The fraction of sp³-hybridized carbons (Fsp3) is 0.667. The van der Waals surface area contributed by atoms with Crippen LogP contribution in [0.25, 0.3) is 0 Å². The number of thiazole rings is 1. The number of carbonyl (C=O) groups excluding carboxylic acids is 1. The summed E-state index contributed by atoms with van der Waals surface area (Å²) in [4.78, 5) is 18.8. The first kappa shape index (κ1) is 16.2. The third-order valence-corrected chi connectivity index (χ3v) is 5.89. The van der Waals surface area contributed by atoms with Gasteiger partial charge in [-0.25, -0.2) is 4.98 Å². The van der Waals surface area contributed by atoms with Gasteiger partial charge in [-0.1, -0.05) is 11.3 Å². The molecule has 1 saturated heterocycles. The summed E-state index contributed by atoms with van der Waals surface area (Å²) in [6.07, 6.45) is 2.54. The maximum atomic E-state index is 12.1. The summed E-state index contributed by atoms with van der Waals surface area (Å²) < 4.78 is 11.3. The summed E-state index contributed by atoms with van der Waals surface area (Å²) in [5.41, 5.74) is 11.7. The number of nitrogens with zero attached hydrogens (tertiary/aromatic N) is 2. The highest BCUT2D eigenvalue weighted by atomic mass is 32.2. The molecule has 1 aromatic rings. The van der Waals surface area contributed by atoms with Gasteiger partial charge in [0.15, 0.2) is 5.13 Å². The van der Waals surface area contributed by atoms with Gasteiger partial charge in [-0.3, -0.25) is 9.00 Å². The predicted octanol–water partition coefficient (Wildman–Crippen LogP) is -0.240. The lowest BCUT2D eigenvalue weighted by atomic mass is 10.3. The number of nitrogens with two attached hydrogens (primary N) is 2. The molecule has 0 saturated carbocycles. The maximum absolute atomic E-state index is 12.1. The zero-order chi connectivity index (χ0) is 15.6. The van der Waals surface area contributed by atoms with Crippen molar-refractivity contribution in [2.75, 3.05) is 36.5 Å². The smallest absolute Gasteiger partial charge is 0.265 e. The molecule has 0 radical (unpaired) electrons. The number of carbonyl (C=O) groups is 1. The second kappa shape index (κ2) is 6.71. The quantitative estimate of drug-likeness (QED) is 0.686. The molecule has 118 valence electrons. The fourth-order valence-electron chi connectivity index (χ4n) is 2.01. The van der Waals surface area contributed by atoms with Crippen LogP contribution in [-0.2, 0) is 10.8 Å². The van der Waals surface area contributed by atoms with E-state index in [1.807, 2.05) is 11.8 Å². The van der Waals surface area contributed by atoms with E-state index >= 15 is 0 Å². The van der Waals surface area contributed by atoms with Crippen LogP contribution in [0.1, 0.15) is 23.0 Å². The molecule has 21 heavy (non-hydrogen) atoms. The Morgan fingerprint density at radius 2 is 2.38 bits per heavy atom. The monoisotopic (exact) mass is 331 g/mol. The van der Waals surface area contributed by atoms with E-state index in [9.17, 15) is 9.00 Å². The minimum atomic E-state index is -0.970. The lowest BCUT2D eigenvalue weighted by Gasteiger charge is -2.12. The fourth-order valence-corrected chi connectivity index (χ4v) is 3.27. The SMILES string of the molecule is CC(CNC(=O)c1sc(N2CCC(N)C2)nc1N)S(C)=O. The van der Waals surface area contributed by atoms with Crippen molar-refractivity contribution >= 4 is 39.0 Å². The van der Waals surface area contributed by atoms with Gasteiger partial charge in [-0.15, -0.1) is 0 Å². The van der Waals surface area contributed by atoms with Crippen LogP contribution in [0.3, 0.4) is 0 Å². The van der Waals surface area contributed by atoms with Gasteiger partial charge >= 0.3 is 0 Å². The Hall–Kier alpha value is -1.19. The van der Waals surface area contributed by atoms with Crippen LogP contribution in [0.4, 0.5) is 10.9 Å². The highest BCUT2D eigenvalue weighted by Gasteiger charge is 2.25. The van der Waals surface area contributed by atoms with Crippen LogP contribution in [0, 0.1) is 0 Å². The van der Waals surface area contributed by atoms with Gasteiger partial charge in [-0.2, -0.15) is 0 Å². The minimum absolute atomic E-state index is 0.0980. The van der Waals surface area contributed by atoms with Gasteiger partial charge in [0.1, 0.15) is 10.7 Å². The highest BCUT2D eigenvalue weighted by molar-refractivity contribution is 7.84. The van der Waals surface area contributed by atoms with Gasteiger partial charge in [0.25, 0.3) is 5.91 Å². The second-order valence-corrected chi connectivity index (χ2v) is 8.00. The van der Waals surface area contributed by atoms with Crippen molar-refractivity contribution < 1.29 is 9.00 Å². The van der Waals surface area contributed by atoms with Crippen molar-refractivity contribution in [3.05, 3.63) is 4.88 Å². The summed E-state index contributed by atoms with van der Waals surface area (Å²) in [7, 11) is -0.970. The molecule has 1 aromatic heterocycles. The molecular formula is C12H21N5O2S2. The molecule has 0 aliphatic carbocycles. The summed E-state index contributed by atoms with van der Waals surface area (Å²) in [6.45, 7) is 3.74. The number of hydrogen-bond acceptors (Lipinski definition) is 7. The van der Waals surface area contributed by atoms with E-state index in [1.54, 1.807) is 6.26 Å². The van der Waals surface area contributed by atoms with Crippen molar-refractivity contribution in [3.63, 3.8) is 0 Å². The Bertz CT molecular complexity index is 548. The van der Waals surface area contributed by atoms with Crippen LogP contribution < -0.4 is 21.7 Å². The number of aromatic nitrogens is 1. The first-order valence-electron chi connectivity index (χ1n) is 6.75. The zero-order valence-corrected chi connectivity index (χ0v) is 13.8. The van der Waals surface area contributed by atoms with Crippen LogP contribution in [0.2, 0.25) is 0 Å². The zero-order valence-electron chi connectivity index (χ0n) is 12.2. The molecule has 2 rings (SSSR count). The van der Waals surface area contributed by atoms with E-state index in [2.05, 4.69) is 10.3 Å². The van der Waals surface area contributed by atoms with E-state index in [1.165, 1.54) is 11.3 Å². The Balaban J connectivity index is 2.01. The molecule has 2 heterocycles. The number of rotatable bonds is 5. The van der Waals surface area contributed by atoms with Crippen molar-refractivity contribution in [1.29, 1.82) is 0 Å². The number of amides is 1. The number of nitrogens with one attached hydrogen (secondary N) is 1.